The molecule has 0 radical (unpaired) electrons. The van der Waals surface area contributed by atoms with Crippen LogP contribution in [-0.2, 0) is 22.4 Å². The number of hydrogen-bond donors (Lipinski definition) is 1. The van der Waals surface area contributed by atoms with E-state index in [9.17, 15) is 14.9 Å². The number of aryl methyl sites for hydroxylation is 3. The molecule has 182 valence electrons. The van der Waals surface area contributed by atoms with Crippen LogP contribution in [0.5, 0.6) is 0 Å². The van der Waals surface area contributed by atoms with Crippen molar-refractivity contribution in [3.63, 3.8) is 0 Å². The minimum absolute atomic E-state index is 0.0238. The average Bonchev–Trinajstić information content (AvgIpc) is 3.34. The molecule has 2 aromatic heterocycles. The van der Waals surface area contributed by atoms with E-state index in [4.69, 9.17) is 12.2 Å². The van der Waals surface area contributed by atoms with Crippen molar-refractivity contribution in [2.75, 3.05) is 4.90 Å². The van der Waals surface area contributed by atoms with E-state index < -0.39 is 11.8 Å². The molecule has 1 aliphatic heterocycles. The van der Waals surface area contributed by atoms with Gasteiger partial charge in [0.05, 0.1) is 11.3 Å². The monoisotopic (exact) mass is 514 g/mol. The van der Waals surface area contributed by atoms with Crippen molar-refractivity contribution in [3.05, 3.63) is 73.9 Å². The van der Waals surface area contributed by atoms with Crippen LogP contribution in [-0.4, -0.2) is 21.5 Å². The van der Waals surface area contributed by atoms with Crippen LogP contribution in [0.1, 0.15) is 56.9 Å². The Morgan fingerprint density at radius 2 is 1.89 bits per heavy atom. The van der Waals surface area contributed by atoms with Crippen LogP contribution >= 0.6 is 23.6 Å². The summed E-state index contributed by atoms with van der Waals surface area (Å²) in [4.78, 5) is 29.2. The van der Waals surface area contributed by atoms with Crippen LogP contribution in [0.4, 0.5) is 5.69 Å². The molecule has 2 amide bonds. The lowest BCUT2D eigenvalue weighted by molar-refractivity contribution is -0.122. The van der Waals surface area contributed by atoms with Crippen molar-refractivity contribution in [1.82, 2.24) is 9.88 Å². The highest BCUT2D eigenvalue weighted by Crippen LogP contribution is 2.38. The van der Waals surface area contributed by atoms with Crippen molar-refractivity contribution in [3.8, 4) is 11.1 Å². The van der Waals surface area contributed by atoms with Crippen molar-refractivity contribution >= 4 is 52.2 Å². The van der Waals surface area contributed by atoms with Crippen molar-refractivity contribution in [1.29, 1.82) is 5.26 Å². The number of nitriles is 1. The lowest BCUT2D eigenvalue weighted by atomic mass is 9.96. The minimum atomic E-state index is -0.513. The number of carbonyl (C=O) groups excluding carboxylic acids is 2. The van der Waals surface area contributed by atoms with E-state index in [2.05, 4.69) is 16.0 Å². The van der Waals surface area contributed by atoms with Gasteiger partial charge in [0.25, 0.3) is 11.8 Å². The molecule has 0 bridgehead atoms. The third-order valence-corrected chi connectivity index (χ3v) is 8.72. The Morgan fingerprint density at radius 3 is 2.64 bits per heavy atom. The Kier molecular flexibility index (Phi) is 6.15. The van der Waals surface area contributed by atoms with Crippen LogP contribution in [0, 0.1) is 39.0 Å². The highest BCUT2D eigenvalue weighted by Gasteiger charge is 2.35. The van der Waals surface area contributed by atoms with Crippen molar-refractivity contribution in [2.45, 2.75) is 53.4 Å². The summed E-state index contributed by atoms with van der Waals surface area (Å²) in [6, 6.07) is 10.1. The van der Waals surface area contributed by atoms with Gasteiger partial charge in [-0.25, -0.2) is 0 Å². The van der Waals surface area contributed by atoms with Gasteiger partial charge < -0.3 is 4.57 Å². The van der Waals surface area contributed by atoms with Crippen LogP contribution in [0.15, 0.2) is 29.8 Å². The maximum absolute atomic E-state index is 13.6. The van der Waals surface area contributed by atoms with Gasteiger partial charge in [-0.3, -0.25) is 19.8 Å². The molecule has 1 fully saturated rings. The summed E-state index contributed by atoms with van der Waals surface area (Å²) in [5.74, 6) is -0.966. The Hall–Kier alpha value is -3.54. The van der Waals surface area contributed by atoms with Gasteiger partial charge >= 0.3 is 0 Å². The summed E-state index contributed by atoms with van der Waals surface area (Å²) in [7, 11) is 0. The van der Waals surface area contributed by atoms with E-state index in [1.807, 2.05) is 52.0 Å². The number of anilines is 1. The normalized spacial score (nSPS) is 16.8. The van der Waals surface area contributed by atoms with E-state index in [1.165, 1.54) is 15.3 Å². The Morgan fingerprint density at radius 1 is 1.14 bits per heavy atom. The number of rotatable bonds is 3. The molecule has 0 saturated carbocycles. The molecule has 1 aromatic carbocycles. The first-order valence-corrected chi connectivity index (χ1v) is 13.2. The smallest absolute Gasteiger partial charge is 0.270 e. The number of thiophene rings is 1. The molecule has 0 unspecified atom stereocenters. The quantitative estimate of drug-likeness (QED) is 0.290. The number of amides is 2. The molecule has 5 rings (SSSR count). The second-order valence-corrected chi connectivity index (χ2v) is 10.8. The van der Waals surface area contributed by atoms with Gasteiger partial charge in [-0.1, -0.05) is 12.1 Å². The van der Waals surface area contributed by atoms with E-state index in [0.717, 1.165) is 64.3 Å². The van der Waals surface area contributed by atoms with Crippen molar-refractivity contribution in [2.24, 2.45) is 0 Å². The summed E-state index contributed by atoms with van der Waals surface area (Å²) in [6.45, 7) is 7.84. The zero-order valence-corrected chi connectivity index (χ0v) is 22.3. The van der Waals surface area contributed by atoms with Gasteiger partial charge in [-0.15, -0.1) is 11.3 Å². The highest BCUT2D eigenvalue weighted by atomic mass is 32.1. The fourth-order valence-electron chi connectivity index (χ4n) is 5.08. The van der Waals surface area contributed by atoms with E-state index >= 15 is 0 Å². The van der Waals surface area contributed by atoms with Crippen LogP contribution in [0.3, 0.4) is 0 Å². The third kappa shape index (κ3) is 3.80. The summed E-state index contributed by atoms with van der Waals surface area (Å²) in [6.07, 6.45) is 5.83. The minimum Gasteiger partial charge on any atom is -0.308 e. The number of nitrogens with zero attached hydrogens (tertiary/aromatic N) is 3. The summed E-state index contributed by atoms with van der Waals surface area (Å²) in [5, 5.41) is 13.6. The number of carbonyl (C=O) groups is 2. The molecule has 1 saturated heterocycles. The molecule has 36 heavy (non-hydrogen) atoms. The van der Waals surface area contributed by atoms with E-state index in [-0.39, 0.29) is 10.7 Å². The first-order valence-electron chi connectivity index (χ1n) is 11.9. The molecule has 2 aliphatic rings. The lowest BCUT2D eigenvalue weighted by Crippen LogP contribution is -2.54. The number of aromatic nitrogens is 1. The molecular formula is C28H26N4O2S2. The van der Waals surface area contributed by atoms with Crippen LogP contribution in [0.25, 0.3) is 11.1 Å². The maximum Gasteiger partial charge on any atom is 0.270 e. The number of nitrogens with one attached hydrogen (secondary N) is 1. The lowest BCUT2D eigenvalue weighted by Gasteiger charge is -2.30. The summed E-state index contributed by atoms with van der Waals surface area (Å²) in [5.41, 5.74) is 7.13. The van der Waals surface area contributed by atoms with Crippen LogP contribution < -0.4 is 10.2 Å². The Balaban J connectivity index is 1.59. The van der Waals surface area contributed by atoms with E-state index in [1.54, 1.807) is 17.4 Å². The molecule has 3 heterocycles. The number of fused-ring (bicyclic) bond motifs is 1. The van der Waals surface area contributed by atoms with Gasteiger partial charge in [0.15, 0.2) is 5.11 Å². The standard InChI is InChI=1S/C28H26N4O2S2/c1-15-8-7-10-23(17(15)3)32-26(34)21(25(33)30-28(32)35)13-19-12-16(2)31(18(19)4)27-22(14-29)20-9-5-6-11-24(20)36-27/h7-8,10,12-13H,5-6,9,11H2,1-4H3,(H,30,33,35)/b21-13+. The predicted octanol–water partition coefficient (Wildman–Crippen LogP) is 5.35. The number of benzene rings is 1. The average molecular weight is 515 g/mol. The highest BCUT2D eigenvalue weighted by molar-refractivity contribution is 7.80. The topological polar surface area (TPSA) is 78.1 Å². The third-order valence-electron chi connectivity index (χ3n) is 7.16. The van der Waals surface area contributed by atoms with E-state index in [0.29, 0.717) is 5.69 Å². The maximum atomic E-state index is 13.6. The fraction of sp³-hybridized carbons (Fsp3) is 0.286. The first kappa shape index (κ1) is 24.2. The molecule has 3 aromatic rings. The first-order chi connectivity index (χ1) is 17.2. The zero-order chi connectivity index (χ0) is 25.7. The largest absolute Gasteiger partial charge is 0.308 e. The molecule has 1 aliphatic carbocycles. The van der Waals surface area contributed by atoms with Gasteiger partial charge in [-0.2, -0.15) is 5.26 Å². The molecule has 6 nitrogen and oxygen atoms in total. The van der Waals surface area contributed by atoms with Gasteiger partial charge in [0.2, 0.25) is 0 Å². The predicted molar refractivity (Wildman–Crippen MR) is 147 cm³/mol. The Bertz CT molecular complexity index is 1530. The molecular weight excluding hydrogens is 488 g/mol. The number of hydrogen-bond acceptors (Lipinski definition) is 5. The number of thiocarbonyl (C=S) groups is 1. The molecule has 0 atom stereocenters. The van der Waals surface area contributed by atoms with Gasteiger partial charge in [0, 0.05) is 16.3 Å². The van der Waals surface area contributed by atoms with Gasteiger partial charge in [-0.05, 0) is 106 Å². The Labute approximate surface area is 219 Å². The summed E-state index contributed by atoms with van der Waals surface area (Å²) < 4.78 is 2.08. The van der Waals surface area contributed by atoms with Crippen LogP contribution in [0.2, 0.25) is 0 Å². The van der Waals surface area contributed by atoms with Gasteiger partial charge in [0.1, 0.15) is 16.6 Å². The molecule has 1 N–H and O–H groups in total. The molecule has 8 heteroatoms. The van der Waals surface area contributed by atoms with Crippen molar-refractivity contribution < 1.29 is 9.59 Å². The fourth-order valence-corrected chi connectivity index (χ4v) is 6.80. The second kappa shape index (κ2) is 9.16. The SMILES string of the molecule is Cc1cccc(N2C(=O)/C(=C/c3cc(C)n(-c4sc5c(c4C#N)CCCC5)c3C)C(=O)NC2=S)c1C. The summed E-state index contributed by atoms with van der Waals surface area (Å²) >= 11 is 7.06. The molecule has 0 spiro atoms. The second-order valence-electron chi connectivity index (χ2n) is 9.34. The zero-order valence-electron chi connectivity index (χ0n) is 20.7.